The van der Waals surface area contributed by atoms with Crippen LogP contribution < -0.4 is 49.7 Å². The predicted molar refractivity (Wildman–Crippen MR) is 297 cm³/mol. The molecule has 0 radical (unpaired) electrons. The van der Waals surface area contributed by atoms with Gasteiger partial charge in [0.2, 0.25) is 0 Å². The molecule has 0 saturated carbocycles. The first-order valence-corrected chi connectivity index (χ1v) is 26.7. The highest BCUT2D eigenvalue weighted by atomic mass is 19.2. The molecule has 3 unspecified atom stereocenters. The van der Waals surface area contributed by atoms with Crippen LogP contribution in [0.2, 0.25) is 0 Å². The van der Waals surface area contributed by atoms with Crippen LogP contribution in [0.15, 0.2) is 91.0 Å². The number of benzene rings is 5. The summed E-state index contributed by atoms with van der Waals surface area (Å²) in [6.45, 7) is 10.3. The van der Waals surface area contributed by atoms with Gasteiger partial charge in [-0.15, -0.1) is 0 Å². The fraction of sp³-hybridized carbons (Fsp3) is 0.450. The molecule has 430 valence electrons. The van der Waals surface area contributed by atoms with Gasteiger partial charge < -0.3 is 59.5 Å². The maximum atomic E-state index is 13.5. The van der Waals surface area contributed by atoms with Crippen molar-refractivity contribution in [3.05, 3.63) is 142 Å². The van der Waals surface area contributed by atoms with Crippen molar-refractivity contribution >= 4 is 18.1 Å². The van der Waals surface area contributed by atoms with E-state index in [1.165, 1.54) is 12.1 Å². The molecule has 3 saturated heterocycles. The fourth-order valence-corrected chi connectivity index (χ4v) is 8.90. The lowest BCUT2D eigenvalue weighted by Crippen LogP contribution is -2.35. The summed E-state index contributed by atoms with van der Waals surface area (Å²) in [5.74, 6) is 0.636. The highest BCUT2D eigenvalue weighted by Crippen LogP contribution is 2.32. The highest BCUT2D eigenvalue weighted by Gasteiger charge is 2.32. The Morgan fingerprint density at radius 1 is 0.481 bits per heavy atom. The lowest BCUT2D eigenvalue weighted by atomic mass is 10.0. The summed E-state index contributed by atoms with van der Waals surface area (Å²) in [6, 6.07) is 24.3. The number of amides is 6. The highest BCUT2D eigenvalue weighted by molar-refractivity contribution is 5.78. The number of urea groups is 3. The van der Waals surface area contributed by atoms with Gasteiger partial charge in [-0.2, -0.15) is 0 Å². The monoisotopic (exact) mass is 1100 g/mol. The van der Waals surface area contributed by atoms with E-state index in [4.69, 9.17) is 28.4 Å². The zero-order chi connectivity index (χ0) is 56.0. The molecule has 6 amide bonds. The van der Waals surface area contributed by atoms with E-state index in [1.807, 2.05) is 54.6 Å². The molecular formula is C60H78F4N6O9. The summed E-state index contributed by atoms with van der Waals surface area (Å²) in [5, 5.41) is 11.4. The summed E-state index contributed by atoms with van der Waals surface area (Å²) in [5.41, 5.74) is 4.26. The first kappa shape index (κ1) is 62.3. The predicted octanol–water partition coefficient (Wildman–Crippen LogP) is 11.3. The average molecular weight is 1100 g/mol. The van der Waals surface area contributed by atoms with Crippen LogP contribution in [0.4, 0.5) is 31.9 Å². The summed E-state index contributed by atoms with van der Waals surface area (Å²) in [7, 11) is 4.85. The molecule has 3 fully saturated rings. The van der Waals surface area contributed by atoms with Gasteiger partial charge in [-0.3, -0.25) is 0 Å². The van der Waals surface area contributed by atoms with Gasteiger partial charge in [0.15, 0.2) is 57.8 Å². The molecule has 5 aromatic rings. The Kier molecular flexibility index (Phi) is 25.0. The summed E-state index contributed by atoms with van der Waals surface area (Å²) < 4.78 is 86.7. The van der Waals surface area contributed by atoms with Gasteiger partial charge in [0, 0.05) is 32.7 Å². The SMILES string of the molecule is C.CCCCOc1cc(CC2CN(Cc3ccc(F)c(F)c3)C(=O)N2)ccc1OC.CCCCOc1cc(CC2CNC(=O)N2)ccc1OC.CCCCOc1cc(CC2CNC(=O)N2Cc2ccc(F)c(F)c2)ccc1OC. The Bertz CT molecular complexity index is 2750. The maximum absolute atomic E-state index is 13.5. The van der Waals surface area contributed by atoms with Crippen LogP contribution in [-0.2, 0) is 32.4 Å². The van der Waals surface area contributed by atoms with Gasteiger partial charge in [0.25, 0.3) is 0 Å². The minimum absolute atomic E-state index is 0. The second kappa shape index (κ2) is 31.7. The lowest BCUT2D eigenvalue weighted by Gasteiger charge is -2.24. The molecular weight excluding hydrogens is 1020 g/mol. The smallest absolute Gasteiger partial charge is 0.318 e. The number of hydrogen-bond acceptors (Lipinski definition) is 9. The van der Waals surface area contributed by atoms with Crippen molar-refractivity contribution in [1.29, 1.82) is 0 Å². The van der Waals surface area contributed by atoms with Gasteiger partial charge in [-0.05, 0) is 127 Å². The third-order valence-corrected chi connectivity index (χ3v) is 13.2. The summed E-state index contributed by atoms with van der Waals surface area (Å²) in [4.78, 5) is 38.9. The number of hydrogen-bond donors (Lipinski definition) is 4. The molecule has 19 heteroatoms. The van der Waals surface area contributed by atoms with Gasteiger partial charge in [-0.1, -0.05) is 77.8 Å². The number of nitrogens with one attached hydrogen (secondary N) is 4. The number of halogens is 4. The van der Waals surface area contributed by atoms with E-state index in [1.54, 1.807) is 31.1 Å². The van der Waals surface area contributed by atoms with Crippen LogP contribution in [0.5, 0.6) is 34.5 Å². The zero-order valence-corrected chi connectivity index (χ0v) is 45.5. The average Bonchev–Trinajstić information content (AvgIpc) is 4.15. The first-order valence-electron chi connectivity index (χ1n) is 26.7. The summed E-state index contributed by atoms with van der Waals surface area (Å²) in [6.07, 6.45) is 8.15. The van der Waals surface area contributed by atoms with E-state index >= 15 is 0 Å². The van der Waals surface area contributed by atoms with Crippen molar-refractivity contribution in [3.63, 3.8) is 0 Å². The number of unbranched alkanes of at least 4 members (excludes halogenated alkanes) is 3. The van der Waals surface area contributed by atoms with Crippen molar-refractivity contribution in [3.8, 4) is 34.5 Å². The minimum Gasteiger partial charge on any atom is -0.493 e. The zero-order valence-electron chi connectivity index (χ0n) is 45.5. The lowest BCUT2D eigenvalue weighted by molar-refractivity contribution is 0.200. The molecule has 3 aliphatic heterocycles. The summed E-state index contributed by atoms with van der Waals surface area (Å²) >= 11 is 0. The molecule has 0 spiro atoms. The Balaban J connectivity index is 0.000000221. The van der Waals surface area contributed by atoms with Crippen molar-refractivity contribution in [2.24, 2.45) is 0 Å². The van der Waals surface area contributed by atoms with E-state index in [2.05, 4.69) is 42.0 Å². The van der Waals surface area contributed by atoms with Crippen molar-refractivity contribution < 1.29 is 60.4 Å². The van der Waals surface area contributed by atoms with Crippen LogP contribution in [0.25, 0.3) is 0 Å². The number of carbonyl (C=O) groups excluding carboxylic acids is 3. The molecule has 0 aromatic heterocycles. The molecule has 8 rings (SSSR count). The van der Waals surface area contributed by atoms with Gasteiger partial charge >= 0.3 is 18.1 Å². The first-order chi connectivity index (χ1) is 37.7. The molecule has 15 nitrogen and oxygen atoms in total. The van der Waals surface area contributed by atoms with Crippen molar-refractivity contribution in [2.75, 3.05) is 60.8 Å². The number of rotatable bonds is 25. The number of methoxy groups -OCH3 is 3. The molecule has 5 aromatic carbocycles. The van der Waals surface area contributed by atoms with Crippen LogP contribution >= 0.6 is 0 Å². The molecule has 0 aliphatic carbocycles. The van der Waals surface area contributed by atoms with Crippen molar-refractivity contribution in [1.82, 2.24) is 31.1 Å². The number of carbonyl (C=O) groups is 3. The van der Waals surface area contributed by atoms with Crippen LogP contribution in [0.1, 0.15) is 94.5 Å². The fourth-order valence-electron chi connectivity index (χ4n) is 8.90. The molecule has 0 bridgehead atoms. The molecule has 4 N–H and O–H groups in total. The topological polar surface area (TPSA) is 161 Å². The molecule has 3 heterocycles. The normalized spacial score (nSPS) is 16.2. The number of ether oxygens (including phenoxy) is 6. The van der Waals surface area contributed by atoms with E-state index in [0.717, 1.165) is 97.4 Å². The molecule has 3 atom stereocenters. The molecule has 79 heavy (non-hydrogen) atoms. The Morgan fingerprint density at radius 3 is 1.35 bits per heavy atom. The Morgan fingerprint density at radius 2 is 0.924 bits per heavy atom. The van der Waals surface area contributed by atoms with Gasteiger partial charge in [0.05, 0.1) is 59.3 Å². The van der Waals surface area contributed by atoms with E-state index < -0.39 is 23.3 Å². The van der Waals surface area contributed by atoms with E-state index in [9.17, 15) is 31.9 Å². The number of nitrogens with zero attached hydrogens (tertiary/aromatic N) is 2. The van der Waals surface area contributed by atoms with E-state index in [0.29, 0.717) is 86.4 Å². The Hall–Kier alpha value is -7.57. The quantitative estimate of drug-likeness (QED) is 0.0329. The van der Waals surface area contributed by atoms with Gasteiger partial charge in [-0.25, -0.2) is 31.9 Å². The van der Waals surface area contributed by atoms with Gasteiger partial charge in [0.1, 0.15) is 0 Å². The maximum Gasteiger partial charge on any atom is 0.318 e. The van der Waals surface area contributed by atoms with Crippen LogP contribution in [-0.4, -0.2) is 107 Å². The molecule has 3 aliphatic rings. The third-order valence-electron chi connectivity index (χ3n) is 13.2. The minimum atomic E-state index is -0.914. The van der Waals surface area contributed by atoms with Crippen LogP contribution in [0, 0.1) is 23.3 Å². The van der Waals surface area contributed by atoms with Crippen LogP contribution in [0.3, 0.4) is 0 Å². The largest absolute Gasteiger partial charge is 0.493 e. The van der Waals surface area contributed by atoms with E-state index in [-0.39, 0.29) is 56.7 Å². The van der Waals surface area contributed by atoms with Crippen molar-refractivity contribution in [2.45, 2.75) is 117 Å². The second-order valence-corrected chi connectivity index (χ2v) is 19.2. The Labute approximate surface area is 462 Å². The third kappa shape index (κ3) is 18.8. The standard InChI is InChI=1S/2C22H26F2N2O3.C15H22N2O3.CH4/c1-3-4-9-29-21-12-15(6-8-20(21)28-2)10-17-13-25-22(27)26(17)14-16-5-7-18(23)19(24)11-16;1-3-4-9-29-21-12-15(6-8-20(21)28-2)10-17-14-26(22(27)25-17)13-16-5-7-18(23)19(24)11-16;1-3-4-7-20-14-9-11(5-6-13(14)19-2)8-12-10-16-15(18)17-12;/h2*5-8,11-12,17H,3-4,9-10,13-14H2,1-2H3,(H,25,27);5-6,9,12H,3-4,7-8,10H2,1-2H3,(H2,16,17,18);1H4. The second-order valence-electron chi connectivity index (χ2n) is 19.2.